The van der Waals surface area contributed by atoms with Crippen molar-refractivity contribution < 1.29 is 19.1 Å². The molecular weight excluding hydrogens is 296 g/mol. The molecule has 3 rings (SSSR count). The van der Waals surface area contributed by atoms with Gasteiger partial charge in [-0.05, 0) is 49.9 Å². The summed E-state index contributed by atoms with van der Waals surface area (Å²) in [7, 11) is 0. The van der Waals surface area contributed by atoms with Gasteiger partial charge in [-0.2, -0.15) is 0 Å². The second kappa shape index (κ2) is 6.81. The fraction of sp³-hybridized carbons (Fsp3) is 0.471. The van der Waals surface area contributed by atoms with Gasteiger partial charge in [-0.1, -0.05) is 0 Å². The molecule has 1 saturated heterocycles. The summed E-state index contributed by atoms with van der Waals surface area (Å²) in [4.78, 5) is 37.1. The van der Waals surface area contributed by atoms with Crippen LogP contribution >= 0.6 is 0 Å². The van der Waals surface area contributed by atoms with E-state index in [1.54, 1.807) is 29.2 Å². The van der Waals surface area contributed by atoms with E-state index in [2.05, 4.69) is 5.32 Å². The predicted molar refractivity (Wildman–Crippen MR) is 83.9 cm³/mol. The molecule has 1 N–H and O–H groups in total. The van der Waals surface area contributed by atoms with Crippen LogP contribution in [0.2, 0.25) is 0 Å². The van der Waals surface area contributed by atoms with Gasteiger partial charge < -0.3 is 15.0 Å². The van der Waals surface area contributed by atoms with Gasteiger partial charge in [0.25, 0.3) is 5.91 Å². The minimum atomic E-state index is -0.530. The zero-order chi connectivity index (χ0) is 16.2. The van der Waals surface area contributed by atoms with Crippen LogP contribution in [-0.4, -0.2) is 42.4 Å². The SMILES string of the molecule is O=C(OCC(=O)N1CCCC1)c1ccc(NC(=O)C2CC2)cc1. The van der Waals surface area contributed by atoms with Gasteiger partial charge in [0, 0.05) is 24.7 Å². The van der Waals surface area contributed by atoms with Crippen molar-refractivity contribution in [1.29, 1.82) is 0 Å². The molecule has 0 spiro atoms. The van der Waals surface area contributed by atoms with E-state index in [0.717, 1.165) is 38.8 Å². The fourth-order valence-corrected chi connectivity index (χ4v) is 2.55. The van der Waals surface area contributed by atoms with E-state index >= 15 is 0 Å². The Morgan fingerprint density at radius 2 is 1.74 bits per heavy atom. The standard InChI is InChI=1S/C17H20N2O4/c20-15(19-9-1-2-10-19)11-23-17(22)13-5-7-14(8-6-13)18-16(21)12-3-4-12/h5-8,12H,1-4,9-11H2,(H,18,21). The van der Waals surface area contributed by atoms with E-state index in [4.69, 9.17) is 4.74 Å². The Labute approximate surface area is 134 Å². The third-order valence-corrected chi connectivity index (χ3v) is 4.12. The quantitative estimate of drug-likeness (QED) is 0.841. The molecule has 1 aromatic carbocycles. The van der Waals surface area contributed by atoms with Gasteiger partial charge >= 0.3 is 5.97 Å². The Hall–Kier alpha value is -2.37. The number of hydrogen-bond acceptors (Lipinski definition) is 4. The van der Waals surface area contributed by atoms with Crippen LogP contribution in [0.1, 0.15) is 36.0 Å². The Kier molecular flexibility index (Phi) is 4.60. The number of hydrogen-bond donors (Lipinski definition) is 1. The summed E-state index contributed by atoms with van der Waals surface area (Å²) < 4.78 is 5.05. The number of ether oxygens (including phenoxy) is 1. The molecule has 0 aromatic heterocycles. The van der Waals surface area contributed by atoms with Gasteiger partial charge in [0.1, 0.15) is 0 Å². The van der Waals surface area contributed by atoms with Crippen LogP contribution < -0.4 is 5.32 Å². The number of likely N-dealkylation sites (tertiary alicyclic amines) is 1. The number of carbonyl (C=O) groups excluding carboxylic acids is 3. The molecule has 2 amide bonds. The second-order valence-corrected chi connectivity index (χ2v) is 6.00. The third kappa shape index (κ3) is 4.09. The first kappa shape index (κ1) is 15.5. The number of anilines is 1. The molecule has 1 aromatic rings. The molecule has 0 atom stereocenters. The van der Waals surface area contributed by atoms with E-state index < -0.39 is 5.97 Å². The molecule has 2 fully saturated rings. The average molecular weight is 316 g/mol. The van der Waals surface area contributed by atoms with Gasteiger partial charge in [-0.25, -0.2) is 4.79 Å². The summed E-state index contributed by atoms with van der Waals surface area (Å²) in [6.45, 7) is 1.26. The number of carbonyl (C=O) groups is 3. The third-order valence-electron chi connectivity index (χ3n) is 4.12. The Morgan fingerprint density at radius 1 is 1.09 bits per heavy atom. The van der Waals surface area contributed by atoms with Crippen molar-refractivity contribution >= 4 is 23.5 Å². The largest absolute Gasteiger partial charge is 0.452 e. The number of nitrogens with zero attached hydrogens (tertiary/aromatic N) is 1. The minimum Gasteiger partial charge on any atom is -0.452 e. The maximum absolute atomic E-state index is 11.9. The zero-order valence-corrected chi connectivity index (χ0v) is 12.9. The maximum Gasteiger partial charge on any atom is 0.338 e. The van der Waals surface area contributed by atoms with E-state index in [1.807, 2.05) is 0 Å². The number of rotatable bonds is 5. The molecular formula is C17H20N2O4. The zero-order valence-electron chi connectivity index (χ0n) is 12.9. The van der Waals surface area contributed by atoms with E-state index in [-0.39, 0.29) is 24.3 Å². The van der Waals surface area contributed by atoms with Crippen molar-refractivity contribution in [2.75, 3.05) is 25.0 Å². The topological polar surface area (TPSA) is 75.7 Å². The lowest BCUT2D eigenvalue weighted by Crippen LogP contribution is -2.32. The smallest absolute Gasteiger partial charge is 0.338 e. The summed E-state index contributed by atoms with van der Waals surface area (Å²) in [5, 5.41) is 2.81. The molecule has 23 heavy (non-hydrogen) atoms. The van der Waals surface area contributed by atoms with Crippen molar-refractivity contribution in [1.82, 2.24) is 4.90 Å². The summed E-state index contributed by atoms with van der Waals surface area (Å²) in [5.41, 5.74) is 1.02. The molecule has 0 unspecified atom stereocenters. The first-order valence-electron chi connectivity index (χ1n) is 7.99. The highest BCUT2D eigenvalue weighted by molar-refractivity contribution is 5.95. The number of nitrogens with one attached hydrogen (secondary N) is 1. The van der Waals surface area contributed by atoms with Crippen LogP contribution in [0.25, 0.3) is 0 Å². The normalized spacial score (nSPS) is 17.0. The van der Waals surface area contributed by atoms with Gasteiger partial charge in [-0.3, -0.25) is 9.59 Å². The number of benzene rings is 1. The van der Waals surface area contributed by atoms with Crippen LogP contribution in [0.15, 0.2) is 24.3 Å². The highest BCUT2D eigenvalue weighted by Gasteiger charge is 2.29. The van der Waals surface area contributed by atoms with Gasteiger partial charge in [-0.15, -0.1) is 0 Å². The molecule has 6 heteroatoms. The Morgan fingerprint density at radius 3 is 2.35 bits per heavy atom. The maximum atomic E-state index is 11.9. The first-order valence-corrected chi connectivity index (χ1v) is 7.99. The molecule has 1 heterocycles. The highest BCUT2D eigenvalue weighted by atomic mass is 16.5. The summed E-state index contributed by atoms with van der Waals surface area (Å²) in [6, 6.07) is 6.51. The number of amides is 2. The molecule has 6 nitrogen and oxygen atoms in total. The van der Waals surface area contributed by atoms with Gasteiger partial charge in [0.2, 0.25) is 5.91 Å². The van der Waals surface area contributed by atoms with Crippen molar-refractivity contribution in [3.63, 3.8) is 0 Å². The molecule has 2 aliphatic rings. The lowest BCUT2D eigenvalue weighted by molar-refractivity contribution is -0.133. The second-order valence-electron chi connectivity index (χ2n) is 6.00. The Bertz CT molecular complexity index is 602. The molecule has 0 radical (unpaired) electrons. The predicted octanol–water partition coefficient (Wildman–Crippen LogP) is 1.81. The Balaban J connectivity index is 1.48. The van der Waals surface area contributed by atoms with E-state index in [1.165, 1.54) is 0 Å². The highest BCUT2D eigenvalue weighted by Crippen LogP contribution is 2.30. The lowest BCUT2D eigenvalue weighted by atomic mass is 10.2. The average Bonchev–Trinajstić information content (AvgIpc) is 3.28. The van der Waals surface area contributed by atoms with Gasteiger partial charge in [0.05, 0.1) is 5.56 Å². The van der Waals surface area contributed by atoms with E-state index in [9.17, 15) is 14.4 Å². The van der Waals surface area contributed by atoms with Crippen LogP contribution in [0.3, 0.4) is 0 Å². The van der Waals surface area contributed by atoms with Crippen molar-refractivity contribution in [3.05, 3.63) is 29.8 Å². The first-order chi connectivity index (χ1) is 11.1. The summed E-state index contributed by atoms with van der Waals surface area (Å²) >= 11 is 0. The monoisotopic (exact) mass is 316 g/mol. The fourth-order valence-electron chi connectivity index (χ4n) is 2.55. The van der Waals surface area contributed by atoms with Crippen LogP contribution in [0, 0.1) is 5.92 Å². The van der Waals surface area contributed by atoms with Crippen molar-refractivity contribution in [3.8, 4) is 0 Å². The summed E-state index contributed by atoms with van der Waals surface area (Å²) in [5.74, 6) is -0.519. The van der Waals surface area contributed by atoms with Gasteiger partial charge in [0.15, 0.2) is 6.61 Å². The molecule has 1 saturated carbocycles. The van der Waals surface area contributed by atoms with Crippen molar-refractivity contribution in [2.45, 2.75) is 25.7 Å². The molecule has 122 valence electrons. The van der Waals surface area contributed by atoms with Crippen molar-refractivity contribution in [2.24, 2.45) is 5.92 Å². The molecule has 0 bridgehead atoms. The van der Waals surface area contributed by atoms with Crippen LogP contribution in [-0.2, 0) is 14.3 Å². The van der Waals surface area contributed by atoms with Crippen LogP contribution in [0.5, 0.6) is 0 Å². The van der Waals surface area contributed by atoms with Crippen LogP contribution in [0.4, 0.5) is 5.69 Å². The molecule has 1 aliphatic heterocycles. The molecule has 1 aliphatic carbocycles. The van der Waals surface area contributed by atoms with E-state index in [0.29, 0.717) is 11.3 Å². The minimum absolute atomic E-state index is 0.0246. The lowest BCUT2D eigenvalue weighted by Gasteiger charge is -2.14. The number of esters is 1. The summed E-state index contributed by atoms with van der Waals surface area (Å²) in [6.07, 6.45) is 3.91.